The standard InChI is InChI=1S/C14H20N4OS/c1-14(2)5-3-9(4-6-14)12-17-13(19-18-12)10-8-20-11(7-15)16-10/h8-9H,3-7,15H2,1-2H3. The third-order valence-electron chi connectivity index (χ3n) is 4.09. The lowest BCUT2D eigenvalue weighted by Gasteiger charge is -2.32. The van der Waals surface area contributed by atoms with Crippen molar-refractivity contribution in [2.24, 2.45) is 11.1 Å². The quantitative estimate of drug-likeness (QED) is 0.938. The Kier molecular flexibility index (Phi) is 3.60. The van der Waals surface area contributed by atoms with Gasteiger partial charge in [-0.1, -0.05) is 19.0 Å². The van der Waals surface area contributed by atoms with Gasteiger partial charge in [0.1, 0.15) is 10.7 Å². The van der Waals surface area contributed by atoms with E-state index < -0.39 is 0 Å². The van der Waals surface area contributed by atoms with Crippen LogP contribution in [0.15, 0.2) is 9.90 Å². The van der Waals surface area contributed by atoms with Crippen LogP contribution in [0.3, 0.4) is 0 Å². The molecule has 1 saturated carbocycles. The monoisotopic (exact) mass is 292 g/mol. The fourth-order valence-corrected chi connectivity index (χ4v) is 3.31. The van der Waals surface area contributed by atoms with E-state index in [4.69, 9.17) is 10.3 Å². The molecule has 0 aliphatic heterocycles. The van der Waals surface area contributed by atoms with Crippen molar-refractivity contribution >= 4 is 11.3 Å². The molecular formula is C14H20N4OS. The summed E-state index contributed by atoms with van der Waals surface area (Å²) in [6, 6.07) is 0. The van der Waals surface area contributed by atoms with Gasteiger partial charge < -0.3 is 10.3 Å². The molecule has 1 fully saturated rings. The first-order valence-electron chi connectivity index (χ1n) is 7.06. The Bertz CT molecular complexity index is 580. The highest BCUT2D eigenvalue weighted by Crippen LogP contribution is 2.41. The highest BCUT2D eigenvalue weighted by atomic mass is 32.1. The van der Waals surface area contributed by atoms with Gasteiger partial charge >= 0.3 is 0 Å². The second-order valence-electron chi connectivity index (χ2n) is 6.23. The first-order valence-corrected chi connectivity index (χ1v) is 7.94. The zero-order valence-electron chi connectivity index (χ0n) is 11.9. The first-order chi connectivity index (χ1) is 9.57. The molecule has 2 aromatic heterocycles. The number of nitrogens with two attached hydrogens (primary N) is 1. The smallest absolute Gasteiger partial charge is 0.277 e. The molecule has 0 aromatic carbocycles. The van der Waals surface area contributed by atoms with Crippen LogP contribution in [0.5, 0.6) is 0 Å². The van der Waals surface area contributed by atoms with E-state index >= 15 is 0 Å². The molecule has 108 valence electrons. The largest absolute Gasteiger partial charge is 0.332 e. The molecule has 20 heavy (non-hydrogen) atoms. The van der Waals surface area contributed by atoms with Crippen molar-refractivity contribution in [3.8, 4) is 11.6 Å². The number of hydrogen-bond acceptors (Lipinski definition) is 6. The summed E-state index contributed by atoms with van der Waals surface area (Å²) in [4.78, 5) is 8.90. The normalized spacial score (nSPS) is 19.4. The van der Waals surface area contributed by atoms with Gasteiger partial charge in [-0.2, -0.15) is 4.98 Å². The van der Waals surface area contributed by atoms with E-state index in [2.05, 4.69) is 29.0 Å². The number of rotatable bonds is 3. The molecule has 0 spiro atoms. The van der Waals surface area contributed by atoms with Gasteiger partial charge in [0.15, 0.2) is 5.82 Å². The summed E-state index contributed by atoms with van der Waals surface area (Å²) in [5.41, 5.74) is 6.76. The van der Waals surface area contributed by atoms with Crippen LogP contribution in [-0.2, 0) is 6.54 Å². The molecule has 0 atom stereocenters. The predicted molar refractivity (Wildman–Crippen MR) is 78.3 cm³/mol. The third kappa shape index (κ3) is 2.76. The zero-order chi connectivity index (χ0) is 14.2. The van der Waals surface area contributed by atoms with Gasteiger partial charge in [-0.3, -0.25) is 0 Å². The summed E-state index contributed by atoms with van der Waals surface area (Å²) in [5.74, 6) is 1.77. The van der Waals surface area contributed by atoms with Crippen LogP contribution < -0.4 is 5.73 Å². The molecule has 0 amide bonds. The minimum atomic E-state index is 0.424. The Hall–Kier alpha value is -1.27. The highest BCUT2D eigenvalue weighted by molar-refractivity contribution is 7.09. The number of hydrogen-bond donors (Lipinski definition) is 1. The molecule has 2 aromatic rings. The van der Waals surface area contributed by atoms with Gasteiger partial charge in [0, 0.05) is 17.8 Å². The Morgan fingerprint density at radius 2 is 2.10 bits per heavy atom. The molecule has 0 radical (unpaired) electrons. The van der Waals surface area contributed by atoms with Crippen LogP contribution in [0.4, 0.5) is 0 Å². The van der Waals surface area contributed by atoms with E-state index in [0.717, 1.165) is 29.4 Å². The molecule has 2 heterocycles. The Morgan fingerprint density at radius 3 is 2.75 bits per heavy atom. The average Bonchev–Trinajstić information content (AvgIpc) is 3.07. The Labute approximate surface area is 122 Å². The van der Waals surface area contributed by atoms with Crippen molar-refractivity contribution in [2.45, 2.75) is 52.0 Å². The number of nitrogens with zero attached hydrogens (tertiary/aromatic N) is 3. The summed E-state index contributed by atoms with van der Waals surface area (Å²) < 4.78 is 5.36. The molecule has 6 heteroatoms. The lowest BCUT2D eigenvalue weighted by molar-refractivity contribution is 0.218. The maximum atomic E-state index is 5.57. The van der Waals surface area contributed by atoms with Crippen LogP contribution in [0, 0.1) is 5.41 Å². The second kappa shape index (κ2) is 5.26. The van der Waals surface area contributed by atoms with Gasteiger partial charge in [0.2, 0.25) is 0 Å². The first kappa shape index (κ1) is 13.7. The minimum absolute atomic E-state index is 0.424. The maximum absolute atomic E-state index is 5.57. The number of thiazole rings is 1. The molecule has 3 rings (SSSR count). The molecule has 5 nitrogen and oxygen atoms in total. The van der Waals surface area contributed by atoms with E-state index in [1.54, 1.807) is 0 Å². The molecular weight excluding hydrogens is 272 g/mol. The van der Waals surface area contributed by atoms with E-state index in [9.17, 15) is 0 Å². The van der Waals surface area contributed by atoms with Crippen LogP contribution in [-0.4, -0.2) is 15.1 Å². The van der Waals surface area contributed by atoms with Crippen LogP contribution in [0.25, 0.3) is 11.6 Å². The van der Waals surface area contributed by atoms with Crippen molar-refractivity contribution < 1.29 is 4.52 Å². The average molecular weight is 292 g/mol. The van der Waals surface area contributed by atoms with Crippen LogP contribution in [0.2, 0.25) is 0 Å². The zero-order valence-corrected chi connectivity index (χ0v) is 12.7. The Morgan fingerprint density at radius 1 is 1.35 bits per heavy atom. The molecule has 0 unspecified atom stereocenters. The van der Waals surface area contributed by atoms with Gasteiger partial charge in [0.05, 0.1) is 0 Å². The summed E-state index contributed by atoms with van der Waals surface area (Å²) in [6.07, 6.45) is 4.71. The van der Waals surface area contributed by atoms with E-state index in [-0.39, 0.29) is 0 Å². The summed E-state index contributed by atoms with van der Waals surface area (Å²) in [5, 5.41) is 6.95. The molecule has 1 aliphatic rings. The number of aromatic nitrogens is 3. The molecule has 1 aliphatic carbocycles. The van der Waals surface area contributed by atoms with E-state index in [1.807, 2.05) is 5.38 Å². The summed E-state index contributed by atoms with van der Waals surface area (Å²) >= 11 is 1.53. The van der Waals surface area contributed by atoms with Crippen molar-refractivity contribution in [1.29, 1.82) is 0 Å². The van der Waals surface area contributed by atoms with E-state index in [1.165, 1.54) is 24.2 Å². The SMILES string of the molecule is CC1(C)CCC(c2noc(-c3csc(CN)n3)n2)CC1. The Balaban J connectivity index is 1.74. The van der Waals surface area contributed by atoms with Crippen LogP contribution >= 0.6 is 11.3 Å². The van der Waals surface area contributed by atoms with Gasteiger partial charge in [-0.05, 0) is 31.1 Å². The van der Waals surface area contributed by atoms with Crippen molar-refractivity contribution in [3.63, 3.8) is 0 Å². The van der Waals surface area contributed by atoms with E-state index in [0.29, 0.717) is 23.8 Å². The van der Waals surface area contributed by atoms with Crippen molar-refractivity contribution in [1.82, 2.24) is 15.1 Å². The topological polar surface area (TPSA) is 77.8 Å². The maximum Gasteiger partial charge on any atom is 0.277 e. The summed E-state index contributed by atoms with van der Waals surface area (Å²) in [7, 11) is 0. The second-order valence-corrected chi connectivity index (χ2v) is 7.17. The molecule has 0 bridgehead atoms. The van der Waals surface area contributed by atoms with Gasteiger partial charge in [0.25, 0.3) is 5.89 Å². The molecule has 0 saturated heterocycles. The van der Waals surface area contributed by atoms with Crippen molar-refractivity contribution in [2.75, 3.05) is 0 Å². The minimum Gasteiger partial charge on any atom is -0.332 e. The third-order valence-corrected chi connectivity index (χ3v) is 4.96. The molecule has 2 N–H and O–H groups in total. The lowest BCUT2D eigenvalue weighted by atomic mass is 9.73. The fourth-order valence-electron chi connectivity index (χ4n) is 2.67. The summed E-state index contributed by atoms with van der Waals surface area (Å²) in [6.45, 7) is 5.10. The lowest BCUT2D eigenvalue weighted by Crippen LogP contribution is -2.20. The van der Waals surface area contributed by atoms with Gasteiger partial charge in [-0.15, -0.1) is 11.3 Å². The highest BCUT2D eigenvalue weighted by Gasteiger charge is 2.30. The predicted octanol–water partition coefficient (Wildman–Crippen LogP) is 3.34. The fraction of sp³-hybridized carbons (Fsp3) is 0.643. The van der Waals surface area contributed by atoms with Crippen molar-refractivity contribution in [3.05, 3.63) is 16.2 Å². The van der Waals surface area contributed by atoms with Gasteiger partial charge in [-0.25, -0.2) is 4.98 Å². The van der Waals surface area contributed by atoms with Crippen LogP contribution in [0.1, 0.15) is 56.3 Å².